The van der Waals surface area contributed by atoms with Crippen molar-refractivity contribution in [2.75, 3.05) is 49.3 Å². The maximum absolute atomic E-state index is 13.5. The highest BCUT2D eigenvalue weighted by Gasteiger charge is 2.25. The van der Waals surface area contributed by atoms with Crippen molar-refractivity contribution in [1.82, 2.24) is 4.90 Å². The van der Waals surface area contributed by atoms with E-state index >= 15 is 0 Å². The van der Waals surface area contributed by atoms with Gasteiger partial charge in [0, 0.05) is 43.6 Å². The van der Waals surface area contributed by atoms with Gasteiger partial charge in [0.1, 0.15) is 5.75 Å². The molecule has 228 valence electrons. The van der Waals surface area contributed by atoms with Crippen LogP contribution in [0.2, 0.25) is 0 Å². The molecule has 5 rings (SSSR count). The van der Waals surface area contributed by atoms with Gasteiger partial charge < -0.3 is 14.8 Å². The third kappa shape index (κ3) is 7.84. The molecule has 0 bridgehead atoms. The lowest BCUT2D eigenvalue weighted by molar-refractivity contribution is -0.112. The Hall–Kier alpha value is -3.66. The summed E-state index contributed by atoms with van der Waals surface area (Å²) in [6.45, 7) is 5.37. The van der Waals surface area contributed by atoms with E-state index in [2.05, 4.69) is 24.2 Å². The lowest BCUT2D eigenvalue weighted by atomic mass is 10.0. The SMILES string of the molecule is CCCOc1ccc(-c2ccc3c(c2)C=C(C(=O)Nc2ccc(CN(C)C4CCOCC4)cc2)CCN3S(C)(=O)=O)cc1. The van der Waals surface area contributed by atoms with Crippen molar-refractivity contribution in [3.63, 3.8) is 0 Å². The van der Waals surface area contributed by atoms with Crippen LogP contribution in [0.3, 0.4) is 0 Å². The van der Waals surface area contributed by atoms with Crippen LogP contribution in [0.4, 0.5) is 11.4 Å². The Morgan fingerprint density at radius 2 is 1.72 bits per heavy atom. The Bertz CT molecular complexity index is 1550. The summed E-state index contributed by atoms with van der Waals surface area (Å²) in [6, 6.07) is 22.0. The van der Waals surface area contributed by atoms with E-state index in [0.29, 0.717) is 41.6 Å². The average Bonchev–Trinajstić information content (AvgIpc) is 3.21. The summed E-state index contributed by atoms with van der Waals surface area (Å²) in [5.74, 6) is 0.568. The summed E-state index contributed by atoms with van der Waals surface area (Å²) in [7, 11) is -1.40. The molecule has 0 aliphatic carbocycles. The molecule has 0 radical (unpaired) electrons. The van der Waals surface area contributed by atoms with E-state index in [4.69, 9.17) is 9.47 Å². The van der Waals surface area contributed by atoms with Crippen molar-refractivity contribution in [2.45, 2.75) is 45.2 Å². The molecule has 8 nitrogen and oxygen atoms in total. The van der Waals surface area contributed by atoms with E-state index in [0.717, 1.165) is 55.9 Å². The second-order valence-corrected chi connectivity index (χ2v) is 13.2. The van der Waals surface area contributed by atoms with Gasteiger partial charge in [-0.2, -0.15) is 0 Å². The topological polar surface area (TPSA) is 88.2 Å². The van der Waals surface area contributed by atoms with Crippen LogP contribution in [0.15, 0.2) is 72.3 Å². The highest BCUT2D eigenvalue weighted by Crippen LogP contribution is 2.34. The molecule has 0 spiro atoms. The molecule has 0 aromatic heterocycles. The first-order valence-corrected chi connectivity index (χ1v) is 16.8. The van der Waals surface area contributed by atoms with E-state index in [1.54, 1.807) is 0 Å². The number of fused-ring (bicyclic) bond motifs is 1. The van der Waals surface area contributed by atoms with E-state index in [-0.39, 0.29) is 12.5 Å². The van der Waals surface area contributed by atoms with Crippen LogP contribution >= 0.6 is 0 Å². The molecule has 1 saturated heterocycles. The van der Waals surface area contributed by atoms with Crippen molar-refractivity contribution >= 4 is 33.4 Å². The fourth-order valence-electron chi connectivity index (χ4n) is 5.61. The second-order valence-electron chi connectivity index (χ2n) is 11.3. The second kappa shape index (κ2) is 13.8. The van der Waals surface area contributed by atoms with E-state index in [1.807, 2.05) is 72.8 Å². The molecule has 0 saturated carbocycles. The van der Waals surface area contributed by atoms with Crippen molar-refractivity contribution in [1.29, 1.82) is 0 Å². The molecule has 2 heterocycles. The van der Waals surface area contributed by atoms with Crippen LogP contribution in [-0.2, 0) is 26.1 Å². The first-order chi connectivity index (χ1) is 20.7. The molecule has 0 unspecified atom stereocenters. The van der Waals surface area contributed by atoms with Gasteiger partial charge in [0.2, 0.25) is 10.0 Å². The zero-order chi connectivity index (χ0) is 30.4. The molecule has 43 heavy (non-hydrogen) atoms. The van der Waals surface area contributed by atoms with Gasteiger partial charge >= 0.3 is 0 Å². The monoisotopic (exact) mass is 603 g/mol. The Balaban J connectivity index is 1.34. The maximum Gasteiger partial charge on any atom is 0.251 e. The summed E-state index contributed by atoms with van der Waals surface area (Å²) >= 11 is 0. The minimum Gasteiger partial charge on any atom is -0.494 e. The number of rotatable bonds is 10. The Labute approximate surface area is 255 Å². The highest BCUT2D eigenvalue weighted by molar-refractivity contribution is 7.92. The van der Waals surface area contributed by atoms with E-state index in [9.17, 15) is 13.2 Å². The number of benzene rings is 3. The Morgan fingerprint density at radius 1 is 1.02 bits per heavy atom. The summed E-state index contributed by atoms with van der Waals surface area (Å²) in [5.41, 5.74) is 5.55. The largest absolute Gasteiger partial charge is 0.494 e. The van der Waals surface area contributed by atoms with E-state index < -0.39 is 10.0 Å². The van der Waals surface area contributed by atoms with Gasteiger partial charge in [0.15, 0.2) is 0 Å². The van der Waals surface area contributed by atoms with Gasteiger partial charge in [0.05, 0.1) is 18.6 Å². The molecule has 1 fully saturated rings. The average molecular weight is 604 g/mol. The van der Waals surface area contributed by atoms with Gasteiger partial charge in [-0.3, -0.25) is 14.0 Å². The minimum absolute atomic E-state index is 0.186. The number of anilines is 2. The summed E-state index contributed by atoms with van der Waals surface area (Å²) in [4.78, 5) is 15.8. The normalized spacial score (nSPS) is 15.9. The number of nitrogens with zero attached hydrogens (tertiary/aromatic N) is 2. The highest BCUT2D eigenvalue weighted by atomic mass is 32.2. The first kappa shape index (κ1) is 30.8. The molecule has 2 aliphatic rings. The third-order valence-electron chi connectivity index (χ3n) is 8.02. The fraction of sp³-hybridized carbons (Fsp3) is 0.382. The minimum atomic E-state index is -3.54. The number of hydrogen-bond acceptors (Lipinski definition) is 6. The summed E-state index contributed by atoms with van der Waals surface area (Å²) < 4.78 is 38.0. The zero-order valence-corrected chi connectivity index (χ0v) is 26.0. The molecule has 3 aromatic rings. The first-order valence-electron chi connectivity index (χ1n) is 14.9. The van der Waals surface area contributed by atoms with E-state index in [1.165, 1.54) is 16.1 Å². The lowest BCUT2D eigenvalue weighted by Crippen LogP contribution is -2.36. The van der Waals surface area contributed by atoms with Crippen LogP contribution in [0.1, 0.15) is 43.7 Å². The summed E-state index contributed by atoms with van der Waals surface area (Å²) in [5, 5.41) is 3.02. The molecule has 2 aliphatic heterocycles. The van der Waals surface area contributed by atoms with Gasteiger partial charge in [-0.1, -0.05) is 37.3 Å². The number of carbonyl (C=O) groups excluding carboxylic acids is 1. The van der Waals surface area contributed by atoms with Gasteiger partial charge in [-0.05, 0) is 97.5 Å². The lowest BCUT2D eigenvalue weighted by Gasteiger charge is -2.31. The smallest absolute Gasteiger partial charge is 0.251 e. The van der Waals surface area contributed by atoms with Gasteiger partial charge in [-0.25, -0.2) is 8.42 Å². The van der Waals surface area contributed by atoms with Crippen LogP contribution in [0.5, 0.6) is 5.75 Å². The number of nitrogens with one attached hydrogen (secondary N) is 1. The van der Waals surface area contributed by atoms with Crippen molar-refractivity contribution in [2.24, 2.45) is 0 Å². The number of ether oxygens (including phenoxy) is 2. The predicted octanol–water partition coefficient (Wildman–Crippen LogP) is 5.95. The van der Waals surface area contributed by atoms with Gasteiger partial charge in [0.25, 0.3) is 5.91 Å². The standard InChI is InChI=1S/C34H41N3O5S/c1-4-19-42-32-12-7-26(8-13-32)27-9-14-33-29(22-27)23-28(15-18-37(33)43(3,39)40)34(38)35-30-10-5-25(6-11-30)24-36(2)31-16-20-41-21-17-31/h5-14,22-23,31H,4,15-21,24H2,1-3H3,(H,35,38). The molecule has 9 heteroatoms. The third-order valence-corrected chi connectivity index (χ3v) is 9.20. The van der Waals surface area contributed by atoms with Crippen molar-refractivity contribution < 1.29 is 22.7 Å². The van der Waals surface area contributed by atoms with Crippen LogP contribution in [0.25, 0.3) is 17.2 Å². The number of sulfonamides is 1. The number of amides is 1. The Kier molecular flexibility index (Phi) is 9.85. The van der Waals surface area contributed by atoms with Gasteiger partial charge in [-0.15, -0.1) is 0 Å². The predicted molar refractivity (Wildman–Crippen MR) is 173 cm³/mol. The Morgan fingerprint density at radius 3 is 2.40 bits per heavy atom. The fourth-order valence-corrected chi connectivity index (χ4v) is 6.56. The number of hydrogen-bond donors (Lipinski definition) is 1. The number of carbonyl (C=O) groups is 1. The molecular formula is C34H41N3O5S. The molecule has 1 N–H and O–H groups in total. The molecule has 0 atom stereocenters. The van der Waals surface area contributed by atoms with Crippen LogP contribution in [0, 0.1) is 0 Å². The molecular weight excluding hydrogens is 562 g/mol. The van der Waals surface area contributed by atoms with Crippen molar-refractivity contribution in [3.8, 4) is 16.9 Å². The maximum atomic E-state index is 13.5. The van der Waals surface area contributed by atoms with Crippen molar-refractivity contribution in [3.05, 3.63) is 83.4 Å². The zero-order valence-electron chi connectivity index (χ0n) is 25.2. The summed E-state index contributed by atoms with van der Waals surface area (Å²) in [6.07, 6.45) is 6.33. The van der Waals surface area contributed by atoms with Crippen LogP contribution < -0.4 is 14.4 Å². The van der Waals surface area contributed by atoms with Crippen LogP contribution in [-0.4, -0.2) is 64.9 Å². The molecule has 1 amide bonds. The quantitative estimate of drug-likeness (QED) is 0.308. The molecule has 3 aromatic carbocycles.